The largest absolute Gasteiger partial charge is 0.394 e. The van der Waals surface area contributed by atoms with Gasteiger partial charge in [0, 0.05) is 11.3 Å². The lowest BCUT2D eigenvalue weighted by Crippen LogP contribution is -2.41. The van der Waals surface area contributed by atoms with Gasteiger partial charge in [0.2, 0.25) is 0 Å². The first-order chi connectivity index (χ1) is 11.5. The number of aliphatic hydroxyl groups is 1. The van der Waals surface area contributed by atoms with E-state index in [0.717, 1.165) is 5.56 Å². The quantitative estimate of drug-likeness (QED) is 0.702. The molecular formula is C18H19ClN2O3. The lowest BCUT2D eigenvalue weighted by Gasteiger charge is -2.17. The molecule has 5 nitrogen and oxygen atoms in total. The summed E-state index contributed by atoms with van der Waals surface area (Å²) in [4.78, 5) is 23.4. The van der Waals surface area contributed by atoms with Gasteiger partial charge in [-0.25, -0.2) is 4.79 Å². The van der Waals surface area contributed by atoms with Crippen LogP contribution in [-0.4, -0.2) is 29.6 Å². The average Bonchev–Trinajstić information content (AvgIpc) is 2.54. The molecule has 1 atom stereocenters. The van der Waals surface area contributed by atoms with Gasteiger partial charge in [-0.1, -0.05) is 41.9 Å². The zero-order valence-electron chi connectivity index (χ0n) is 13.3. The molecule has 2 aromatic rings. The number of urea groups is 1. The zero-order valence-corrected chi connectivity index (χ0v) is 14.0. The van der Waals surface area contributed by atoms with Crippen LogP contribution in [0.1, 0.15) is 22.8 Å². The summed E-state index contributed by atoms with van der Waals surface area (Å²) in [5.74, 6) is -0.140. The topological polar surface area (TPSA) is 78.4 Å². The van der Waals surface area contributed by atoms with E-state index in [1.165, 1.54) is 13.0 Å². The SMILES string of the molecule is CC(=O)c1ccc(NC(=O)N[C@@H](CO)Cc2ccccc2)cc1Cl. The molecule has 0 radical (unpaired) electrons. The summed E-state index contributed by atoms with van der Waals surface area (Å²) >= 11 is 6.02. The van der Waals surface area contributed by atoms with Crippen LogP contribution in [0.3, 0.4) is 0 Å². The van der Waals surface area contributed by atoms with Gasteiger partial charge in [0.25, 0.3) is 0 Å². The predicted octanol–water partition coefficient (Wildman–Crippen LogP) is 3.27. The smallest absolute Gasteiger partial charge is 0.319 e. The third-order valence-electron chi connectivity index (χ3n) is 3.49. The van der Waals surface area contributed by atoms with Crippen LogP contribution < -0.4 is 10.6 Å². The number of ketones is 1. The molecule has 2 aromatic carbocycles. The Morgan fingerprint density at radius 1 is 1.17 bits per heavy atom. The maximum Gasteiger partial charge on any atom is 0.319 e. The van der Waals surface area contributed by atoms with Gasteiger partial charge in [0.05, 0.1) is 17.7 Å². The van der Waals surface area contributed by atoms with Crippen molar-refractivity contribution in [2.45, 2.75) is 19.4 Å². The molecule has 0 heterocycles. The van der Waals surface area contributed by atoms with Crippen molar-refractivity contribution >= 4 is 29.1 Å². The fourth-order valence-corrected chi connectivity index (χ4v) is 2.60. The van der Waals surface area contributed by atoms with Gasteiger partial charge in [0.15, 0.2) is 5.78 Å². The molecule has 0 fully saturated rings. The Kier molecular flexibility index (Phi) is 6.35. The number of carbonyl (C=O) groups excluding carboxylic acids is 2. The van der Waals surface area contributed by atoms with Gasteiger partial charge < -0.3 is 15.7 Å². The van der Waals surface area contributed by atoms with Gasteiger partial charge in [-0.3, -0.25) is 4.79 Å². The Balaban J connectivity index is 1.96. The standard InChI is InChI=1S/C18H19ClN2O3/c1-12(23)16-8-7-14(10-17(16)19)20-18(24)21-15(11-22)9-13-5-3-2-4-6-13/h2-8,10,15,22H,9,11H2,1H3,(H2,20,21,24)/t15-/m1/s1. The summed E-state index contributed by atoms with van der Waals surface area (Å²) in [7, 11) is 0. The lowest BCUT2D eigenvalue weighted by molar-refractivity contribution is 0.101. The molecule has 0 aromatic heterocycles. The molecule has 0 spiro atoms. The van der Waals surface area contributed by atoms with Crippen LogP contribution in [0.5, 0.6) is 0 Å². The highest BCUT2D eigenvalue weighted by Crippen LogP contribution is 2.21. The van der Waals surface area contributed by atoms with Crippen LogP contribution in [0.4, 0.5) is 10.5 Å². The fraction of sp³-hybridized carbons (Fsp3) is 0.222. The second-order valence-electron chi connectivity index (χ2n) is 5.42. The monoisotopic (exact) mass is 346 g/mol. The highest BCUT2D eigenvalue weighted by Gasteiger charge is 2.13. The number of anilines is 1. The minimum atomic E-state index is -0.448. The number of carbonyl (C=O) groups is 2. The van der Waals surface area contributed by atoms with Crippen LogP contribution in [0.25, 0.3) is 0 Å². The molecule has 0 aliphatic carbocycles. The maximum atomic E-state index is 12.1. The number of hydrogen-bond acceptors (Lipinski definition) is 3. The Hall–Kier alpha value is -2.37. The summed E-state index contributed by atoms with van der Waals surface area (Å²) in [5.41, 5.74) is 1.89. The number of nitrogens with one attached hydrogen (secondary N) is 2. The summed E-state index contributed by atoms with van der Waals surface area (Å²) in [6.07, 6.45) is 0.523. The molecule has 3 N–H and O–H groups in total. The van der Waals surface area contributed by atoms with Crippen LogP contribution in [0.2, 0.25) is 5.02 Å². The number of Topliss-reactive ketones (excluding diaryl/α,β-unsaturated/α-hetero) is 1. The van der Waals surface area contributed by atoms with Crippen molar-refractivity contribution < 1.29 is 14.7 Å². The van der Waals surface area contributed by atoms with Crippen molar-refractivity contribution in [3.63, 3.8) is 0 Å². The van der Waals surface area contributed by atoms with Gasteiger partial charge in [-0.05, 0) is 37.1 Å². The van der Waals surface area contributed by atoms with E-state index in [1.807, 2.05) is 30.3 Å². The number of aliphatic hydroxyl groups excluding tert-OH is 1. The van der Waals surface area contributed by atoms with Crippen molar-refractivity contribution in [2.75, 3.05) is 11.9 Å². The summed E-state index contributed by atoms with van der Waals surface area (Å²) in [6.45, 7) is 1.25. The third kappa shape index (κ3) is 5.08. The van der Waals surface area contributed by atoms with Gasteiger partial charge >= 0.3 is 6.03 Å². The number of rotatable bonds is 6. The van der Waals surface area contributed by atoms with E-state index >= 15 is 0 Å². The fourth-order valence-electron chi connectivity index (χ4n) is 2.29. The first kappa shape index (κ1) is 18.0. The van der Waals surface area contributed by atoms with Crippen molar-refractivity contribution in [2.24, 2.45) is 0 Å². The third-order valence-corrected chi connectivity index (χ3v) is 3.80. The normalized spacial score (nSPS) is 11.6. The van der Waals surface area contributed by atoms with E-state index in [4.69, 9.17) is 11.6 Å². The minimum Gasteiger partial charge on any atom is -0.394 e. The maximum absolute atomic E-state index is 12.1. The van der Waals surface area contributed by atoms with Crippen molar-refractivity contribution in [3.8, 4) is 0 Å². The average molecular weight is 347 g/mol. The number of hydrogen-bond donors (Lipinski definition) is 3. The molecule has 24 heavy (non-hydrogen) atoms. The van der Waals surface area contributed by atoms with Crippen LogP contribution >= 0.6 is 11.6 Å². The van der Waals surface area contributed by atoms with Crippen molar-refractivity contribution in [1.82, 2.24) is 5.32 Å². The Morgan fingerprint density at radius 2 is 1.88 bits per heavy atom. The van der Waals surface area contributed by atoms with Crippen molar-refractivity contribution in [1.29, 1.82) is 0 Å². The Morgan fingerprint density at radius 3 is 2.46 bits per heavy atom. The Labute approximate surface area is 145 Å². The van der Waals surface area contributed by atoms with Gasteiger partial charge in [0.1, 0.15) is 0 Å². The predicted molar refractivity (Wildman–Crippen MR) is 94.6 cm³/mol. The van der Waals surface area contributed by atoms with E-state index in [1.54, 1.807) is 12.1 Å². The second kappa shape index (κ2) is 8.47. The molecule has 2 amide bonds. The minimum absolute atomic E-state index is 0.140. The molecule has 0 bridgehead atoms. The van der Waals surface area contributed by atoms with E-state index in [2.05, 4.69) is 10.6 Å². The molecule has 6 heteroatoms. The van der Waals surface area contributed by atoms with Gasteiger partial charge in [-0.2, -0.15) is 0 Å². The molecular weight excluding hydrogens is 328 g/mol. The molecule has 2 rings (SSSR count). The van der Waals surface area contributed by atoms with Crippen LogP contribution in [0.15, 0.2) is 48.5 Å². The van der Waals surface area contributed by atoms with E-state index in [0.29, 0.717) is 17.7 Å². The molecule has 0 saturated carbocycles. The van der Waals surface area contributed by atoms with E-state index < -0.39 is 12.1 Å². The van der Waals surface area contributed by atoms with Gasteiger partial charge in [-0.15, -0.1) is 0 Å². The van der Waals surface area contributed by atoms with E-state index in [-0.39, 0.29) is 17.4 Å². The van der Waals surface area contributed by atoms with Crippen LogP contribution in [0, 0.1) is 0 Å². The number of benzene rings is 2. The lowest BCUT2D eigenvalue weighted by atomic mass is 10.1. The summed E-state index contributed by atoms with van der Waals surface area (Å²) in [6, 6.07) is 13.4. The molecule has 0 saturated heterocycles. The summed E-state index contributed by atoms with van der Waals surface area (Å²) in [5, 5.41) is 15.1. The highest BCUT2D eigenvalue weighted by atomic mass is 35.5. The molecule has 0 unspecified atom stereocenters. The first-order valence-electron chi connectivity index (χ1n) is 7.52. The number of halogens is 1. The molecule has 0 aliphatic heterocycles. The van der Waals surface area contributed by atoms with Crippen molar-refractivity contribution in [3.05, 3.63) is 64.7 Å². The number of amides is 2. The molecule has 0 aliphatic rings. The van der Waals surface area contributed by atoms with E-state index in [9.17, 15) is 14.7 Å². The second-order valence-corrected chi connectivity index (χ2v) is 5.83. The summed E-state index contributed by atoms with van der Waals surface area (Å²) < 4.78 is 0. The molecule has 126 valence electrons. The zero-order chi connectivity index (χ0) is 17.5. The highest BCUT2D eigenvalue weighted by molar-refractivity contribution is 6.34. The van der Waals surface area contributed by atoms with Crippen LogP contribution in [-0.2, 0) is 6.42 Å². The Bertz CT molecular complexity index is 719. The first-order valence-corrected chi connectivity index (χ1v) is 7.90.